The molecule has 1 aromatic heterocycles. The lowest BCUT2D eigenvalue weighted by Crippen LogP contribution is -2.04. The van der Waals surface area contributed by atoms with E-state index in [1.165, 1.54) is 16.7 Å². The van der Waals surface area contributed by atoms with Crippen molar-refractivity contribution in [2.45, 2.75) is 33.8 Å². The molecule has 23 heavy (non-hydrogen) atoms. The van der Waals surface area contributed by atoms with E-state index in [0.29, 0.717) is 5.69 Å². The lowest BCUT2D eigenvalue weighted by atomic mass is 10.0. The minimum absolute atomic E-state index is 0.128. The number of aryl methyl sites for hydroxylation is 3. The van der Waals surface area contributed by atoms with E-state index in [9.17, 15) is 5.11 Å². The minimum atomic E-state index is -0.128. The van der Waals surface area contributed by atoms with E-state index in [2.05, 4.69) is 55.3 Å². The molecule has 0 aliphatic carbocycles. The van der Waals surface area contributed by atoms with Crippen molar-refractivity contribution in [1.29, 1.82) is 0 Å². The number of hydrogen-bond acceptors (Lipinski definition) is 3. The van der Waals surface area contributed by atoms with E-state index in [-0.39, 0.29) is 6.61 Å². The van der Waals surface area contributed by atoms with Gasteiger partial charge in [0, 0.05) is 5.56 Å². The van der Waals surface area contributed by atoms with Gasteiger partial charge in [0.25, 0.3) is 0 Å². The summed E-state index contributed by atoms with van der Waals surface area (Å²) in [5.41, 5.74) is 7.14. The first-order valence-corrected chi connectivity index (χ1v) is 7.87. The van der Waals surface area contributed by atoms with Gasteiger partial charge in [0.1, 0.15) is 11.4 Å². The van der Waals surface area contributed by atoms with Crippen molar-refractivity contribution in [2.24, 2.45) is 0 Å². The second kappa shape index (κ2) is 6.34. The van der Waals surface area contributed by atoms with Crippen LogP contribution in [0.1, 0.15) is 29.3 Å². The average molecular weight is 307 g/mol. The molecule has 2 aromatic carbocycles. The van der Waals surface area contributed by atoms with Crippen molar-refractivity contribution in [3.8, 4) is 16.9 Å². The van der Waals surface area contributed by atoms with Crippen molar-refractivity contribution in [1.82, 2.24) is 15.0 Å². The van der Waals surface area contributed by atoms with Crippen LogP contribution in [0.15, 0.2) is 42.5 Å². The highest BCUT2D eigenvalue weighted by molar-refractivity contribution is 5.66. The van der Waals surface area contributed by atoms with Crippen molar-refractivity contribution in [2.75, 3.05) is 0 Å². The second-order valence-corrected chi connectivity index (χ2v) is 5.74. The quantitative estimate of drug-likeness (QED) is 0.801. The highest BCUT2D eigenvalue weighted by Gasteiger charge is 2.17. The molecule has 0 aliphatic heterocycles. The molecule has 0 saturated carbocycles. The Balaban J connectivity index is 2.24. The molecule has 0 unspecified atom stereocenters. The molecule has 1 heterocycles. The summed E-state index contributed by atoms with van der Waals surface area (Å²) in [5.74, 6) is 0. The third-order valence-corrected chi connectivity index (χ3v) is 4.27. The molecule has 3 rings (SSSR count). The Morgan fingerprint density at radius 2 is 1.83 bits per heavy atom. The van der Waals surface area contributed by atoms with Crippen LogP contribution in [0.25, 0.3) is 16.9 Å². The first-order valence-electron chi connectivity index (χ1n) is 7.87. The topological polar surface area (TPSA) is 50.9 Å². The standard InChI is InChI=1S/C19H21N3O/c1-4-15-7-5-6-8-18(15)22-19(17(12-23)20-21-22)16-10-9-13(2)14(3)11-16/h5-11,23H,4,12H2,1-3H3. The maximum atomic E-state index is 9.67. The number of benzene rings is 2. The first kappa shape index (κ1) is 15.4. The fourth-order valence-corrected chi connectivity index (χ4v) is 2.78. The van der Waals surface area contributed by atoms with Gasteiger partial charge < -0.3 is 5.11 Å². The zero-order chi connectivity index (χ0) is 16.4. The summed E-state index contributed by atoms with van der Waals surface area (Å²) >= 11 is 0. The Kier molecular flexibility index (Phi) is 4.26. The van der Waals surface area contributed by atoms with Gasteiger partial charge in [-0.1, -0.05) is 42.5 Å². The van der Waals surface area contributed by atoms with Gasteiger partial charge in [-0.2, -0.15) is 0 Å². The summed E-state index contributed by atoms with van der Waals surface area (Å²) in [6.45, 7) is 6.18. The Bertz CT molecular complexity index is 836. The van der Waals surface area contributed by atoms with Crippen molar-refractivity contribution in [3.05, 3.63) is 64.8 Å². The Hall–Kier alpha value is -2.46. The number of hydrogen-bond donors (Lipinski definition) is 1. The van der Waals surface area contributed by atoms with Crippen molar-refractivity contribution < 1.29 is 5.11 Å². The molecule has 0 amide bonds. The van der Waals surface area contributed by atoms with Crippen molar-refractivity contribution >= 4 is 0 Å². The van der Waals surface area contributed by atoms with Crippen LogP contribution in [-0.4, -0.2) is 20.1 Å². The smallest absolute Gasteiger partial charge is 0.117 e. The minimum Gasteiger partial charge on any atom is -0.390 e. The highest BCUT2D eigenvalue weighted by Crippen LogP contribution is 2.28. The number of aliphatic hydroxyl groups is 1. The predicted octanol–water partition coefficient (Wildman–Crippen LogP) is 3.61. The summed E-state index contributed by atoms with van der Waals surface area (Å²) in [6.07, 6.45) is 0.914. The summed E-state index contributed by atoms with van der Waals surface area (Å²) in [5, 5.41) is 18.2. The van der Waals surface area contributed by atoms with Crippen LogP contribution >= 0.6 is 0 Å². The SMILES string of the molecule is CCc1ccccc1-n1nnc(CO)c1-c1ccc(C)c(C)c1. The van der Waals surface area contributed by atoms with Gasteiger partial charge in [0.05, 0.1) is 12.3 Å². The predicted molar refractivity (Wildman–Crippen MR) is 91.6 cm³/mol. The summed E-state index contributed by atoms with van der Waals surface area (Å²) in [7, 11) is 0. The van der Waals surface area contributed by atoms with Gasteiger partial charge in [-0.15, -0.1) is 5.10 Å². The molecule has 0 spiro atoms. The van der Waals surface area contributed by atoms with Gasteiger partial charge in [-0.25, -0.2) is 4.68 Å². The van der Waals surface area contributed by atoms with Crippen LogP contribution in [-0.2, 0) is 13.0 Å². The lowest BCUT2D eigenvalue weighted by molar-refractivity contribution is 0.277. The van der Waals surface area contributed by atoms with Crippen LogP contribution in [0.3, 0.4) is 0 Å². The van der Waals surface area contributed by atoms with Gasteiger partial charge in [0.2, 0.25) is 0 Å². The van der Waals surface area contributed by atoms with Crippen LogP contribution in [0.5, 0.6) is 0 Å². The second-order valence-electron chi connectivity index (χ2n) is 5.74. The molecule has 0 fully saturated rings. The van der Waals surface area contributed by atoms with Gasteiger partial charge in [-0.05, 0) is 49.1 Å². The molecule has 4 nitrogen and oxygen atoms in total. The summed E-state index contributed by atoms with van der Waals surface area (Å²) < 4.78 is 1.84. The molecular formula is C19H21N3O. The fraction of sp³-hybridized carbons (Fsp3) is 0.263. The van der Waals surface area contributed by atoms with Gasteiger partial charge in [-0.3, -0.25) is 0 Å². The number of para-hydroxylation sites is 1. The number of aliphatic hydroxyl groups excluding tert-OH is 1. The lowest BCUT2D eigenvalue weighted by Gasteiger charge is -2.12. The van der Waals surface area contributed by atoms with E-state index < -0.39 is 0 Å². The Morgan fingerprint density at radius 1 is 1.04 bits per heavy atom. The monoisotopic (exact) mass is 307 g/mol. The first-order chi connectivity index (χ1) is 11.2. The van der Waals surface area contributed by atoms with Crippen LogP contribution in [0.4, 0.5) is 0 Å². The molecular weight excluding hydrogens is 286 g/mol. The molecule has 0 saturated heterocycles. The Morgan fingerprint density at radius 3 is 2.52 bits per heavy atom. The maximum absolute atomic E-state index is 9.67. The molecule has 1 N–H and O–H groups in total. The average Bonchev–Trinajstić information content (AvgIpc) is 3.01. The fourth-order valence-electron chi connectivity index (χ4n) is 2.78. The molecule has 0 radical (unpaired) electrons. The van der Waals surface area contributed by atoms with Crippen LogP contribution < -0.4 is 0 Å². The van der Waals surface area contributed by atoms with E-state index in [0.717, 1.165) is 23.4 Å². The Labute approximate surface area is 136 Å². The van der Waals surface area contributed by atoms with Gasteiger partial charge >= 0.3 is 0 Å². The van der Waals surface area contributed by atoms with E-state index in [1.54, 1.807) is 0 Å². The maximum Gasteiger partial charge on any atom is 0.117 e. The molecule has 0 aliphatic rings. The normalized spacial score (nSPS) is 11.0. The number of nitrogens with zero attached hydrogens (tertiary/aromatic N) is 3. The molecule has 0 bridgehead atoms. The van der Waals surface area contributed by atoms with Crippen molar-refractivity contribution in [3.63, 3.8) is 0 Å². The van der Waals surface area contributed by atoms with Crippen LogP contribution in [0.2, 0.25) is 0 Å². The molecule has 0 atom stereocenters. The van der Waals surface area contributed by atoms with Gasteiger partial charge in [0.15, 0.2) is 0 Å². The zero-order valence-electron chi connectivity index (χ0n) is 13.7. The summed E-state index contributed by atoms with van der Waals surface area (Å²) in [6, 6.07) is 14.4. The number of rotatable bonds is 4. The summed E-state index contributed by atoms with van der Waals surface area (Å²) in [4.78, 5) is 0. The van der Waals surface area contributed by atoms with E-state index >= 15 is 0 Å². The van der Waals surface area contributed by atoms with E-state index in [4.69, 9.17) is 0 Å². The highest BCUT2D eigenvalue weighted by atomic mass is 16.3. The molecule has 4 heteroatoms. The molecule has 3 aromatic rings. The largest absolute Gasteiger partial charge is 0.390 e. The van der Waals surface area contributed by atoms with Crippen LogP contribution in [0, 0.1) is 13.8 Å². The number of aromatic nitrogens is 3. The third-order valence-electron chi connectivity index (χ3n) is 4.27. The zero-order valence-corrected chi connectivity index (χ0v) is 13.7. The molecule has 118 valence electrons. The third kappa shape index (κ3) is 2.78. The van der Waals surface area contributed by atoms with E-state index in [1.807, 2.05) is 22.9 Å².